The monoisotopic (exact) mass is 305 g/mol. The highest BCUT2D eigenvalue weighted by Gasteiger charge is 2.23. The first-order valence-electron chi connectivity index (χ1n) is 6.20. The zero-order valence-corrected chi connectivity index (χ0v) is 12.2. The molecule has 0 bridgehead atoms. The summed E-state index contributed by atoms with van der Waals surface area (Å²) in [6.45, 7) is 2.18. The Hall–Kier alpha value is -0.990. The van der Waals surface area contributed by atoms with Crippen molar-refractivity contribution in [3.63, 3.8) is 0 Å². The van der Waals surface area contributed by atoms with Gasteiger partial charge in [-0.15, -0.1) is 0 Å². The summed E-state index contributed by atoms with van der Waals surface area (Å²) in [4.78, 5) is 10.1. The molecule has 8 heteroatoms. The number of halogens is 2. The van der Waals surface area contributed by atoms with Crippen LogP contribution in [0.15, 0.2) is 11.2 Å². The molecule has 112 valence electrons. The van der Waals surface area contributed by atoms with Gasteiger partial charge in [0.25, 0.3) is 6.43 Å². The second-order valence-corrected chi connectivity index (χ2v) is 5.11. The first-order chi connectivity index (χ1) is 9.63. The largest absolute Gasteiger partial charge is 0.382 e. The van der Waals surface area contributed by atoms with Crippen LogP contribution in [0, 0.1) is 0 Å². The van der Waals surface area contributed by atoms with Gasteiger partial charge in [0.05, 0.1) is 19.3 Å². The number of thioether (sulfide) groups is 1. The molecule has 0 N–H and O–H groups in total. The maximum Gasteiger partial charge on any atom is 0.280 e. The van der Waals surface area contributed by atoms with E-state index in [-0.39, 0.29) is 11.8 Å². The molecule has 5 nitrogen and oxygen atoms in total. The fraction of sp³-hybridized carbons (Fsp3) is 0.667. The molecule has 0 spiro atoms. The molecule has 1 unspecified atom stereocenters. The van der Waals surface area contributed by atoms with Gasteiger partial charge in [-0.1, -0.05) is 11.8 Å². The molecule has 1 saturated heterocycles. The highest BCUT2D eigenvalue weighted by Crippen LogP contribution is 2.25. The Morgan fingerprint density at radius 2 is 2.35 bits per heavy atom. The Balaban J connectivity index is 2.20. The van der Waals surface area contributed by atoms with Crippen LogP contribution in [0.25, 0.3) is 0 Å². The van der Waals surface area contributed by atoms with Gasteiger partial charge >= 0.3 is 0 Å². The van der Waals surface area contributed by atoms with Gasteiger partial charge in [-0.3, -0.25) is 0 Å². The highest BCUT2D eigenvalue weighted by atomic mass is 32.2. The van der Waals surface area contributed by atoms with Crippen molar-refractivity contribution in [1.82, 2.24) is 9.97 Å². The number of hydrogen-bond donors (Lipinski definition) is 0. The normalized spacial score (nSPS) is 19.6. The van der Waals surface area contributed by atoms with Crippen molar-refractivity contribution in [2.75, 3.05) is 44.6 Å². The van der Waals surface area contributed by atoms with E-state index in [1.54, 1.807) is 13.4 Å². The minimum absolute atomic E-state index is 0.0727. The molecule has 1 aromatic rings. The van der Waals surface area contributed by atoms with E-state index in [0.717, 1.165) is 0 Å². The first kappa shape index (κ1) is 15.4. The minimum Gasteiger partial charge on any atom is -0.382 e. The third kappa shape index (κ3) is 3.77. The van der Waals surface area contributed by atoms with Crippen molar-refractivity contribution >= 4 is 17.6 Å². The van der Waals surface area contributed by atoms with E-state index in [1.807, 2.05) is 4.90 Å². The van der Waals surface area contributed by atoms with Crippen LogP contribution in [0.4, 0.5) is 14.6 Å². The molecule has 1 aliphatic rings. The number of nitrogens with zero attached hydrogens (tertiary/aromatic N) is 3. The number of methoxy groups -OCH3 is 1. The van der Waals surface area contributed by atoms with Crippen LogP contribution >= 0.6 is 11.8 Å². The number of hydrogen-bond acceptors (Lipinski definition) is 6. The Kier molecular flexibility index (Phi) is 5.50. The second kappa shape index (κ2) is 7.14. The van der Waals surface area contributed by atoms with Crippen molar-refractivity contribution in [2.45, 2.75) is 17.7 Å². The van der Waals surface area contributed by atoms with Crippen molar-refractivity contribution in [1.29, 1.82) is 0 Å². The fourth-order valence-electron chi connectivity index (χ4n) is 2.01. The summed E-state index contributed by atoms with van der Waals surface area (Å²) < 4.78 is 36.3. The van der Waals surface area contributed by atoms with Gasteiger partial charge in [0.1, 0.15) is 11.5 Å². The van der Waals surface area contributed by atoms with Crippen molar-refractivity contribution < 1.29 is 18.3 Å². The molecular weight excluding hydrogens is 288 g/mol. The lowest BCUT2D eigenvalue weighted by molar-refractivity contribution is -0.0102. The summed E-state index contributed by atoms with van der Waals surface area (Å²) in [5.41, 5.74) is -0.242. The van der Waals surface area contributed by atoms with Gasteiger partial charge in [0, 0.05) is 26.3 Å². The summed E-state index contributed by atoms with van der Waals surface area (Å²) in [5, 5.41) is 0.354. The summed E-state index contributed by atoms with van der Waals surface area (Å²) in [6.07, 6.45) is -0.906. The molecular formula is C12H17F2N3O2S. The Morgan fingerprint density at radius 3 is 3.00 bits per heavy atom. The van der Waals surface area contributed by atoms with Gasteiger partial charge < -0.3 is 14.4 Å². The van der Waals surface area contributed by atoms with E-state index < -0.39 is 6.43 Å². The van der Waals surface area contributed by atoms with E-state index in [2.05, 4.69) is 9.97 Å². The zero-order chi connectivity index (χ0) is 14.5. The molecule has 20 heavy (non-hydrogen) atoms. The molecule has 1 aliphatic heterocycles. The quantitative estimate of drug-likeness (QED) is 0.612. The number of morpholine rings is 1. The van der Waals surface area contributed by atoms with Gasteiger partial charge in [0.2, 0.25) is 0 Å². The van der Waals surface area contributed by atoms with E-state index in [1.165, 1.54) is 17.8 Å². The minimum atomic E-state index is -2.60. The SMILES string of the molecule is COCC1CN(c2cc(C(F)F)nc(SC)n2)CCO1. The van der Waals surface area contributed by atoms with Crippen LogP contribution in [0.1, 0.15) is 12.1 Å². The maximum absolute atomic E-state index is 12.9. The van der Waals surface area contributed by atoms with Crippen molar-refractivity contribution in [3.8, 4) is 0 Å². The third-order valence-electron chi connectivity index (χ3n) is 2.93. The molecule has 2 rings (SSSR count). The number of anilines is 1. The third-order valence-corrected chi connectivity index (χ3v) is 3.48. The lowest BCUT2D eigenvalue weighted by atomic mass is 10.2. The summed E-state index contributed by atoms with van der Waals surface area (Å²) in [7, 11) is 1.60. The van der Waals surface area contributed by atoms with Crippen LogP contribution in [0.5, 0.6) is 0 Å². The highest BCUT2D eigenvalue weighted by molar-refractivity contribution is 7.98. The van der Waals surface area contributed by atoms with Crippen molar-refractivity contribution in [3.05, 3.63) is 11.8 Å². The Bertz CT molecular complexity index is 449. The summed E-state index contributed by atoms with van der Waals surface area (Å²) in [6, 6.07) is 1.35. The zero-order valence-electron chi connectivity index (χ0n) is 11.4. The second-order valence-electron chi connectivity index (χ2n) is 4.33. The van der Waals surface area contributed by atoms with Crippen LogP contribution in [0.2, 0.25) is 0 Å². The smallest absolute Gasteiger partial charge is 0.280 e. The molecule has 1 aromatic heterocycles. The van der Waals surface area contributed by atoms with Gasteiger partial charge in [-0.05, 0) is 6.26 Å². The predicted molar refractivity (Wildman–Crippen MR) is 72.6 cm³/mol. The van der Waals surface area contributed by atoms with E-state index >= 15 is 0 Å². The molecule has 0 aliphatic carbocycles. The van der Waals surface area contributed by atoms with Crippen LogP contribution in [-0.2, 0) is 9.47 Å². The number of ether oxygens (including phenoxy) is 2. The molecule has 0 aromatic carbocycles. The van der Waals surface area contributed by atoms with Gasteiger partial charge in [-0.2, -0.15) is 0 Å². The molecule has 0 amide bonds. The molecule has 1 fully saturated rings. The molecule has 2 heterocycles. The van der Waals surface area contributed by atoms with Gasteiger partial charge in [0.15, 0.2) is 5.16 Å². The van der Waals surface area contributed by atoms with E-state index in [9.17, 15) is 8.78 Å². The number of alkyl halides is 2. The lowest BCUT2D eigenvalue weighted by Crippen LogP contribution is -2.44. The lowest BCUT2D eigenvalue weighted by Gasteiger charge is -2.33. The van der Waals surface area contributed by atoms with Crippen LogP contribution in [-0.4, -0.2) is 55.7 Å². The number of rotatable bonds is 5. The predicted octanol–water partition coefficient (Wildman–Crippen LogP) is 1.99. The van der Waals surface area contributed by atoms with E-state index in [0.29, 0.717) is 37.3 Å². The van der Waals surface area contributed by atoms with Crippen LogP contribution < -0.4 is 4.90 Å². The molecule has 0 radical (unpaired) electrons. The van der Waals surface area contributed by atoms with E-state index in [4.69, 9.17) is 9.47 Å². The summed E-state index contributed by atoms with van der Waals surface area (Å²) >= 11 is 1.25. The summed E-state index contributed by atoms with van der Waals surface area (Å²) in [5.74, 6) is 0.518. The average Bonchev–Trinajstić information content (AvgIpc) is 2.47. The Morgan fingerprint density at radius 1 is 1.55 bits per heavy atom. The fourth-order valence-corrected chi connectivity index (χ4v) is 2.39. The van der Waals surface area contributed by atoms with Gasteiger partial charge in [-0.25, -0.2) is 18.7 Å². The first-order valence-corrected chi connectivity index (χ1v) is 7.43. The molecule has 0 saturated carbocycles. The maximum atomic E-state index is 12.9. The average molecular weight is 305 g/mol. The standard InChI is InChI=1S/C12H17F2N3O2S/c1-18-7-8-6-17(3-4-19-8)10-5-9(11(13)14)15-12(16-10)20-2/h5,8,11H,3-4,6-7H2,1-2H3. The van der Waals surface area contributed by atoms with Crippen LogP contribution in [0.3, 0.4) is 0 Å². The number of aromatic nitrogens is 2. The van der Waals surface area contributed by atoms with Crippen molar-refractivity contribution in [2.24, 2.45) is 0 Å². The Labute approximate surface area is 120 Å². The molecule has 1 atom stereocenters. The topological polar surface area (TPSA) is 47.5 Å².